The van der Waals surface area contributed by atoms with E-state index in [0.717, 1.165) is 33.4 Å². The highest BCUT2D eigenvalue weighted by molar-refractivity contribution is 5.77. The molecule has 0 fully saturated rings. The van der Waals surface area contributed by atoms with Gasteiger partial charge in [0.25, 0.3) is 0 Å². The van der Waals surface area contributed by atoms with E-state index in [9.17, 15) is 10.2 Å². The summed E-state index contributed by atoms with van der Waals surface area (Å²) in [7, 11) is 0. The predicted octanol–water partition coefficient (Wildman–Crippen LogP) is 3.35. The first-order valence-corrected chi connectivity index (χ1v) is 7.77. The summed E-state index contributed by atoms with van der Waals surface area (Å²) in [4.78, 5) is 0. The molecule has 0 aliphatic heterocycles. The van der Waals surface area contributed by atoms with E-state index in [1.165, 1.54) is 0 Å². The molecule has 0 atom stereocenters. The molecule has 0 unspecified atom stereocenters. The number of phenols is 2. The van der Waals surface area contributed by atoms with E-state index in [1.54, 1.807) is 36.4 Å². The van der Waals surface area contributed by atoms with Gasteiger partial charge in [-0.1, -0.05) is 24.3 Å². The Kier molecular flexibility index (Phi) is 4.51. The monoisotopic (exact) mass is 320 g/mol. The zero-order chi connectivity index (χ0) is 17.1. The van der Waals surface area contributed by atoms with Gasteiger partial charge < -0.3 is 21.7 Å². The molecule has 0 saturated carbocycles. The number of nitrogens with two attached hydrogens (primary N) is 2. The van der Waals surface area contributed by atoms with Gasteiger partial charge >= 0.3 is 0 Å². The molecule has 0 spiro atoms. The Morgan fingerprint density at radius 2 is 1.04 bits per heavy atom. The van der Waals surface area contributed by atoms with Crippen LogP contribution in [0.1, 0.15) is 11.1 Å². The van der Waals surface area contributed by atoms with Gasteiger partial charge in [0.15, 0.2) is 0 Å². The smallest absolute Gasteiger partial charge is 0.116 e. The van der Waals surface area contributed by atoms with Crippen LogP contribution in [0.15, 0.2) is 60.7 Å². The molecular formula is C20H20N2O2. The largest absolute Gasteiger partial charge is 0.508 e. The SMILES string of the molecule is NCc1cc(-c2cccc(O)c2)c(CN)cc1-c1cccc(O)c1. The molecule has 0 aliphatic carbocycles. The summed E-state index contributed by atoms with van der Waals surface area (Å²) in [6.45, 7) is 0.726. The fraction of sp³-hybridized carbons (Fsp3) is 0.100. The molecule has 0 aromatic heterocycles. The highest BCUT2D eigenvalue weighted by atomic mass is 16.3. The summed E-state index contributed by atoms with van der Waals surface area (Å²) in [6, 6.07) is 18.2. The molecule has 3 rings (SSSR count). The second-order valence-electron chi connectivity index (χ2n) is 5.68. The van der Waals surface area contributed by atoms with Gasteiger partial charge in [-0.25, -0.2) is 0 Å². The lowest BCUT2D eigenvalue weighted by Crippen LogP contribution is -2.05. The quantitative estimate of drug-likeness (QED) is 0.593. The van der Waals surface area contributed by atoms with Crippen molar-refractivity contribution in [1.82, 2.24) is 0 Å². The summed E-state index contributed by atoms with van der Waals surface area (Å²) in [5.74, 6) is 0.420. The van der Waals surface area contributed by atoms with Crippen LogP contribution < -0.4 is 11.5 Å². The van der Waals surface area contributed by atoms with Crippen LogP contribution in [-0.4, -0.2) is 10.2 Å². The van der Waals surface area contributed by atoms with Gasteiger partial charge in [-0.2, -0.15) is 0 Å². The third-order valence-corrected chi connectivity index (χ3v) is 4.08. The number of hydrogen-bond acceptors (Lipinski definition) is 4. The van der Waals surface area contributed by atoms with E-state index in [2.05, 4.69) is 0 Å². The Bertz CT molecular complexity index is 802. The number of benzene rings is 3. The van der Waals surface area contributed by atoms with E-state index in [-0.39, 0.29) is 11.5 Å². The second kappa shape index (κ2) is 6.74. The van der Waals surface area contributed by atoms with Gasteiger partial charge in [0.1, 0.15) is 11.5 Å². The van der Waals surface area contributed by atoms with Gasteiger partial charge in [0.2, 0.25) is 0 Å². The van der Waals surface area contributed by atoms with Gasteiger partial charge in [-0.15, -0.1) is 0 Å². The highest BCUT2D eigenvalue weighted by Crippen LogP contribution is 2.34. The topological polar surface area (TPSA) is 92.5 Å². The number of phenolic OH excluding ortho intramolecular Hbond substituents is 2. The van der Waals surface area contributed by atoms with Crippen LogP contribution in [0, 0.1) is 0 Å². The van der Waals surface area contributed by atoms with Crippen LogP contribution >= 0.6 is 0 Å². The summed E-state index contributed by atoms with van der Waals surface area (Å²) in [5.41, 5.74) is 17.5. The Hall–Kier alpha value is -2.82. The van der Waals surface area contributed by atoms with Crippen LogP contribution in [-0.2, 0) is 13.1 Å². The van der Waals surface area contributed by atoms with Crippen LogP contribution in [0.5, 0.6) is 11.5 Å². The standard InChI is InChI=1S/C20H20N2O2/c21-11-15-10-20(14-4-2-6-18(24)8-14)16(12-22)9-19(15)13-3-1-5-17(23)7-13/h1-10,23-24H,11-12,21-22H2. The fourth-order valence-electron chi connectivity index (χ4n) is 2.91. The second-order valence-corrected chi connectivity index (χ2v) is 5.68. The van der Waals surface area contributed by atoms with E-state index in [4.69, 9.17) is 11.5 Å². The normalized spacial score (nSPS) is 10.8. The first-order chi connectivity index (χ1) is 11.6. The van der Waals surface area contributed by atoms with E-state index in [1.807, 2.05) is 24.3 Å². The van der Waals surface area contributed by atoms with E-state index in [0.29, 0.717) is 13.1 Å². The summed E-state index contributed by atoms with van der Waals surface area (Å²) >= 11 is 0. The molecule has 6 N–H and O–H groups in total. The lowest BCUT2D eigenvalue weighted by Gasteiger charge is -2.16. The van der Waals surface area contributed by atoms with Crippen LogP contribution in [0.25, 0.3) is 22.3 Å². The summed E-state index contributed by atoms with van der Waals surface area (Å²) < 4.78 is 0. The number of rotatable bonds is 4. The molecule has 24 heavy (non-hydrogen) atoms. The summed E-state index contributed by atoms with van der Waals surface area (Å²) in [5, 5.41) is 19.5. The van der Waals surface area contributed by atoms with Gasteiger partial charge in [0, 0.05) is 13.1 Å². The average Bonchev–Trinajstić information content (AvgIpc) is 2.60. The highest BCUT2D eigenvalue weighted by Gasteiger charge is 2.12. The minimum Gasteiger partial charge on any atom is -0.508 e. The van der Waals surface area contributed by atoms with Crippen molar-refractivity contribution in [2.75, 3.05) is 0 Å². The fourth-order valence-corrected chi connectivity index (χ4v) is 2.91. The first-order valence-electron chi connectivity index (χ1n) is 7.77. The number of aromatic hydroxyl groups is 2. The Balaban J connectivity index is 2.20. The van der Waals surface area contributed by atoms with Crippen molar-refractivity contribution in [2.24, 2.45) is 11.5 Å². The lowest BCUT2D eigenvalue weighted by atomic mass is 9.90. The maximum atomic E-state index is 9.74. The Labute approximate surface area is 141 Å². The molecule has 3 aromatic carbocycles. The van der Waals surface area contributed by atoms with Crippen molar-refractivity contribution in [2.45, 2.75) is 13.1 Å². The zero-order valence-electron chi connectivity index (χ0n) is 13.2. The molecule has 4 heteroatoms. The van der Waals surface area contributed by atoms with Gasteiger partial charge in [0.05, 0.1) is 0 Å². The third kappa shape index (κ3) is 3.11. The van der Waals surface area contributed by atoms with Crippen molar-refractivity contribution in [3.63, 3.8) is 0 Å². The first kappa shape index (κ1) is 16.1. The van der Waals surface area contributed by atoms with Crippen molar-refractivity contribution in [1.29, 1.82) is 0 Å². The van der Waals surface area contributed by atoms with Crippen molar-refractivity contribution >= 4 is 0 Å². The third-order valence-electron chi connectivity index (χ3n) is 4.08. The lowest BCUT2D eigenvalue weighted by molar-refractivity contribution is 0.475. The molecule has 0 amide bonds. The molecule has 0 aliphatic rings. The zero-order valence-corrected chi connectivity index (χ0v) is 13.2. The maximum Gasteiger partial charge on any atom is 0.116 e. The van der Waals surface area contributed by atoms with E-state index < -0.39 is 0 Å². The van der Waals surface area contributed by atoms with Crippen molar-refractivity contribution < 1.29 is 10.2 Å². The van der Waals surface area contributed by atoms with E-state index >= 15 is 0 Å². The van der Waals surface area contributed by atoms with Crippen molar-refractivity contribution in [3.05, 3.63) is 71.8 Å². The molecule has 0 radical (unpaired) electrons. The molecule has 122 valence electrons. The Morgan fingerprint density at radius 3 is 1.38 bits per heavy atom. The Morgan fingerprint density at radius 1 is 0.625 bits per heavy atom. The van der Waals surface area contributed by atoms with Gasteiger partial charge in [-0.05, 0) is 69.8 Å². The number of hydrogen-bond donors (Lipinski definition) is 4. The molecule has 0 bridgehead atoms. The van der Waals surface area contributed by atoms with Crippen LogP contribution in [0.4, 0.5) is 0 Å². The minimum atomic E-state index is 0.210. The minimum absolute atomic E-state index is 0.210. The molecule has 0 heterocycles. The predicted molar refractivity (Wildman–Crippen MR) is 96.4 cm³/mol. The molecule has 0 saturated heterocycles. The average molecular weight is 320 g/mol. The summed E-state index contributed by atoms with van der Waals surface area (Å²) in [6.07, 6.45) is 0. The van der Waals surface area contributed by atoms with Gasteiger partial charge in [-0.3, -0.25) is 0 Å². The molecular weight excluding hydrogens is 300 g/mol. The van der Waals surface area contributed by atoms with Crippen molar-refractivity contribution in [3.8, 4) is 33.8 Å². The molecule has 4 nitrogen and oxygen atoms in total. The van der Waals surface area contributed by atoms with Crippen LogP contribution in [0.2, 0.25) is 0 Å². The maximum absolute atomic E-state index is 9.74. The van der Waals surface area contributed by atoms with Crippen LogP contribution in [0.3, 0.4) is 0 Å². The molecule has 3 aromatic rings.